The first-order chi connectivity index (χ1) is 8.97. The van der Waals surface area contributed by atoms with Crippen molar-refractivity contribution >= 4 is 38.5 Å². The second kappa shape index (κ2) is 5.36. The molecule has 0 spiro atoms. The van der Waals surface area contributed by atoms with Crippen molar-refractivity contribution in [2.75, 3.05) is 5.32 Å². The average molecular weight is 277 g/mol. The summed E-state index contributed by atoms with van der Waals surface area (Å²) in [7, 11) is 0. The molecule has 0 bridgehead atoms. The number of aromatic nitrogens is 1. The maximum atomic E-state index is 11.7. The van der Waals surface area contributed by atoms with E-state index < -0.39 is 11.8 Å². The number of benzene rings is 1. The predicted molar refractivity (Wildman–Crippen MR) is 76.3 cm³/mol. The van der Waals surface area contributed by atoms with Gasteiger partial charge in [-0.15, -0.1) is 0 Å². The van der Waals surface area contributed by atoms with Crippen molar-refractivity contribution < 1.29 is 9.59 Å². The summed E-state index contributed by atoms with van der Waals surface area (Å²) in [6.07, 6.45) is 0. The van der Waals surface area contributed by atoms with E-state index in [1.807, 2.05) is 25.1 Å². The summed E-state index contributed by atoms with van der Waals surface area (Å²) in [5.74, 6) is -1.34. The molecule has 0 saturated carbocycles. The quantitative estimate of drug-likeness (QED) is 0.825. The number of amides is 2. The van der Waals surface area contributed by atoms with Crippen LogP contribution in [0.15, 0.2) is 18.2 Å². The Labute approximate surface area is 115 Å². The van der Waals surface area contributed by atoms with Gasteiger partial charge in [0.2, 0.25) is 0 Å². The summed E-state index contributed by atoms with van der Waals surface area (Å²) in [4.78, 5) is 27.5. The molecule has 5 nitrogen and oxygen atoms in total. The minimum Gasteiger partial charge on any atom is -0.346 e. The molecule has 0 aliphatic rings. The molecule has 1 heterocycles. The molecule has 2 aromatic rings. The molecule has 0 aliphatic carbocycles. The first-order valence-corrected chi connectivity index (χ1v) is 6.77. The lowest BCUT2D eigenvalue weighted by Gasteiger charge is -2.06. The van der Waals surface area contributed by atoms with Crippen molar-refractivity contribution in [3.05, 3.63) is 23.8 Å². The number of hydrogen-bond donors (Lipinski definition) is 2. The number of nitrogens with zero attached hydrogens (tertiary/aromatic N) is 1. The third-order valence-electron chi connectivity index (χ3n) is 2.47. The first-order valence-electron chi connectivity index (χ1n) is 5.95. The summed E-state index contributed by atoms with van der Waals surface area (Å²) < 4.78 is 0.986. The molecule has 100 valence electrons. The number of anilines is 1. The zero-order valence-corrected chi connectivity index (χ0v) is 11.8. The fourth-order valence-electron chi connectivity index (χ4n) is 1.62. The van der Waals surface area contributed by atoms with Crippen LogP contribution in [0, 0.1) is 6.92 Å². The average Bonchev–Trinajstić information content (AvgIpc) is 2.72. The third-order valence-corrected chi connectivity index (χ3v) is 3.40. The van der Waals surface area contributed by atoms with Gasteiger partial charge in [-0.1, -0.05) is 23.5 Å². The maximum Gasteiger partial charge on any atom is 0.315 e. The topological polar surface area (TPSA) is 71.1 Å². The largest absolute Gasteiger partial charge is 0.346 e. The van der Waals surface area contributed by atoms with Crippen LogP contribution in [-0.4, -0.2) is 22.8 Å². The van der Waals surface area contributed by atoms with Crippen LogP contribution in [0.3, 0.4) is 0 Å². The number of carbonyl (C=O) groups is 2. The fourth-order valence-corrected chi connectivity index (χ4v) is 2.56. The molecule has 0 saturated heterocycles. The van der Waals surface area contributed by atoms with Crippen LogP contribution in [0.5, 0.6) is 0 Å². The van der Waals surface area contributed by atoms with E-state index in [0.29, 0.717) is 5.13 Å². The van der Waals surface area contributed by atoms with Crippen molar-refractivity contribution in [1.82, 2.24) is 10.3 Å². The van der Waals surface area contributed by atoms with Crippen molar-refractivity contribution in [2.45, 2.75) is 26.8 Å². The molecule has 0 unspecified atom stereocenters. The van der Waals surface area contributed by atoms with E-state index >= 15 is 0 Å². The van der Waals surface area contributed by atoms with Gasteiger partial charge in [-0.25, -0.2) is 4.98 Å². The highest BCUT2D eigenvalue weighted by Crippen LogP contribution is 2.27. The first kappa shape index (κ1) is 13.5. The summed E-state index contributed by atoms with van der Waals surface area (Å²) in [6.45, 7) is 5.55. The van der Waals surface area contributed by atoms with E-state index in [1.54, 1.807) is 13.8 Å². The van der Waals surface area contributed by atoms with Gasteiger partial charge in [-0.05, 0) is 32.4 Å². The SMILES string of the molecule is Cc1cccc2sc(NC(=O)C(=O)NC(C)C)nc12. The molecular weight excluding hydrogens is 262 g/mol. The monoisotopic (exact) mass is 277 g/mol. The van der Waals surface area contributed by atoms with E-state index in [4.69, 9.17) is 0 Å². The van der Waals surface area contributed by atoms with E-state index in [0.717, 1.165) is 15.8 Å². The van der Waals surface area contributed by atoms with Crippen molar-refractivity contribution in [3.8, 4) is 0 Å². The Morgan fingerprint density at radius 3 is 2.63 bits per heavy atom. The van der Waals surface area contributed by atoms with Crippen LogP contribution in [0.2, 0.25) is 0 Å². The number of thiazole rings is 1. The molecule has 0 fully saturated rings. The molecule has 1 aromatic heterocycles. The number of hydrogen-bond acceptors (Lipinski definition) is 4. The minimum absolute atomic E-state index is 0.0733. The number of aryl methyl sites for hydroxylation is 1. The van der Waals surface area contributed by atoms with E-state index in [-0.39, 0.29) is 6.04 Å². The van der Waals surface area contributed by atoms with Crippen molar-refractivity contribution in [3.63, 3.8) is 0 Å². The smallest absolute Gasteiger partial charge is 0.315 e. The van der Waals surface area contributed by atoms with Gasteiger partial charge in [0, 0.05) is 6.04 Å². The van der Waals surface area contributed by atoms with E-state index in [9.17, 15) is 9.59 Å². The number of carbonyl (C=O) groups excluding carboxylic acids is 2. The van der Waals surface area contributed by atoms with Gasteiger partial charge >= 0.3 is 11.8 Å². The molecule has 0 atom stereocenters. The molecule has 19 heavy (non-hydrogen) atoms. The summed E-state index contributed by atoms with van der Waals surface area (Å²) in [5, 5.41) is 5.49. The van der Waals surface area contributed by atoms with Gasteiger partial charge in [0.05, 0.1) is 10.2 Å². The van der Waals surface area contributed by atoms with Gasteiger partial charge in [0.15, 0.2) is 5.13 Å². The van der Waals surface area contributed by atoms with Crippen LogP contribution >= 0.6 is 11.3 Å². The van der Waals surface area contributed by atoms with E-state index in [1.165, 1.54) is 11.3 Å². The lowest BCUT2D eigenvalue weighted by Crippen LogP contribution is -2.39. The standard InChI is InChI=1S/C13H15N3O2S/c1-7(2)14-11(17)12(18)16-13-15-10-8(3)5-4-6-9(10)19-13/h4-7H,1-3H3,(H,14,17)(H,15,16,18). The van der Waals surface area contributed by atoms with E-state index in [2.05, 4.69) is 15.6 Å². The maximum absolute atomic E-state index is 11.7. The second-order valence-electron chi connectivity index (χ2n) is 4.52. The van der Waals surface area contributed by atoms with Crippen LogP contribution in [0.4, 0.5) is 5.13 Å². The highest BCUT2D eigenvalue weighted by Gasteiger charge is 2.16. The summed E-state index contributed by atoms with van der Waals surface area (Å²) in [5.41, 5.74) is 1.90. The number of nitrogens with one attached hydrogen (secondary N) is 2. The van der Waals surface area contributed by atoms with Crippen LogP contribution in [-0.2, 0) is 9.59 Å². The Bertz CT molecular complexity index is 634. The van der Waals surface area contributed by atoms with Gasteiger partial charge in [0.25, 0.3) is 0 Å². The van der Waals surface area contributed by atoms with Crippen LogP contribution < -0.4 is 10.6 Å². The van der Waals surface area contributed by atoms with Gasteiger partial charge < -0.3 is 5.32 Å². The molecule has 2 rings (SSSR count). The Kier molecular flexibility index (Phi) is 3.80. The van der Waals surface area contributed by atoms with Crippen molar-refractivity contribution in [2.24, 2.45) is 0 Å². The Morgan fingerprint density at radius 1 is 1.26 bits per heavy atom. The Balaban J connectivity index is 2.15. The van der Waals surface area contributed by atoms with Gasteiger partial charge in [-0.2, -0.15) is 0 Å². The Hall–Kier alpha value is -1.95. The zero-order valence-electron chi connectivity index (χ0n) is 11.0. The molecule has 2 amide bonds. The normalized spacial score (nSPS) is 10.7. The molecule has 6 heteroatoms. The summed E-state index contributed by atoms with van der Waals surface area (Å²) >= 11 is 1.35. The second-order valence-corrected chi connectivity index (χ2v) is 5.55. The fraction of sp³-hybridized carbons (Fsp3) is 0.308. The third kappa shape index (κ3) is 3.08. The Morgan fingerprint density at radius 2 is 2.00 bits per heavy atom. The number of rotatable bonds is 2. The molecule has 2 N–H and O–H groups in total. The lowest BCUT2D eigenvalue weighted by atomic mass is 10.2. The van der Waals surface area contributed by atoms with Crippen LogP contribution in [0.1, 0.15) is 19.4 Å². The minimum atomic E-state index is -0.689. The molecule has 0 radical (unpaired) electrons. The predicted octanol–water partition coefficient (Wildman–Crippen LogP) is 2.07. The molecule has 0 aliphatic heterocycles. The highest BCUT2D eigenvalue weighted by molar-refractivity contribution is 7.22. The molecular formula is C13H15N3O2S. The van der Waals surface area contributed by atoms with Gasteiger partial charge in [0.1, 0.15) is 0 Å². The van der Waals surface area contributed by atoms with Gasteiger partial charge in [-0.3, -0.25) is 14.9 Å². The highest BCUT2D eigenvalue weighted by atomic mass is 32.1. The zero-order chi connectivity index (χ0) is 14.0. The number of para-hydroxylation sites is 1. The van der Waals surface area contributed by atoms with Crippen molar-refractivity contribution in [1.29, 1.82) is 0 Å². The lowest BCUT2D eigenvalue weighted by molar-refractivity contribution is -0.136. The van der Waals surface area contributed by atoms with Crippen LogP contribution in [0.25, 0.3) is 10.2 Å². The molecule has 1 aromatic carbocycles. The number of fused-ring (bicyclic) bond motifs is 1. The summed E-state index contributed by atoms with van der Waals surface area (Å²) in [6, 6.07) is 5.76.